The summed E-state index contributed by atoms with van der Waals surface area (Å²) in [4.78, 5) is 13.6. The Bertz CT molecular complexity index is 345. The standard InChI is InChI=1S/C8H5FINO2/c9-6-3-5(1-2-8(12)13)4-7(10)11-6/h1-4H,(H,12,13)/b2-1+. The fourth-order valence-electron chi connectivity index (χ4n) is 0.747. The number of carboxylic acid groups (broad SMARTS) is 1. The van der Waals surface area contributed by atoms with E-state index in [0.717, 1.165) is 6.08 Å². The highest BCUT2D eigenvalue weighted by molar-refractivity contribution is 14.1. The summed E-state index contributed by atoms with van der Waals surface area (Å²) in [7, 11) is 0. The van der Waals surface area contributed by atoms with Crippen LogP contribution in [0.4, 0.5) is 4.39 Å². The number of rotatable bonds is 2. The van der Waals surface area contributed by atoms with Gasteiger partial charge in [0.2, 0.25) is 5.95 Å². The number of carbonyl (C=O) groups is 1. The first-order valence-electron chi connectivity index (χ1n) is 3.32. The maximum atomic E-state index is 12.7. The van der Waals surface area contributed by atoms with Gasteiger partial charge in [0.1, 0.15) is 3.70 Å². The average molecular weight is 293 g/mol. The monoisotopic (exact) mass is 293 g/mol. The van der Waals surface area contributed by atoms with Crippen LogP contribution in [0.3, 0.4) is 0 Å². The van der Waals surface area contributed by atoms with Gasteiger partial charge in [0.15, 0.2) is 0 Å². The molecule has 1 aromatic rings. The molecule has 1 aromatic heterocycles. The van der Waals surface area contributed by atoms with E-state index in [1.807, 2.05) is 22.6 Å². The molecule has 0 bridgehead atoms. The number of nitrogens with zero attached hydrogens (tertiary/aromatic N) is 1. The highest BCUT2D eigenvalue weighted by Crippen LogP contribution is 2.08. The van der Waals surface area contributed by atoms with Crippen LogP contribution in [0.25, 0.3) is 6.08 Å². The second kappa shape index (κ2) is 4.31. The number of carboxylic acids is 1. The highest BCUT2D eigenvalue weighted by Gasteiger charge is 1.97. The Balaban J connectivity index is 2.95. The van der Waals surface area contributed by atoms with Crippen molar-refractivity contribution < 1.29 is 14.3 Å². The van der Waals surface area contributed by atoms with Gasteiger partial charge < -0.3 is 5.11 Å². The average Bonchev–Trinajstić information content (AvgIpc) is 1.99. The minimum Gasteiger partial charge on any atom is -0.478 e. The van der Waals surface area contributed by atoms with E-state index in [0.29, 0.717) is 9.26 Å². The molecule has 1 N–H and O–H groups in total. The minimum absolute atomic E-state index is 0.485. The van der Waals surface area contributed by atoms with Crippen LogP contribution in [0.2, 0.25) is 0 Å². The van der Waals surface area contributed by atoms with Gasteiger partial charge >= 0.3 is 5.97 Å². The molecule has 0 radical (unpaired) electrons. The maximum absolute atomic E-state index is 12.7. The lowest BCUT2D eigenvalue weighted by molar-refractivity contribution is -0.131. The predicted octanol–water partition coefficient (Wildman–Crippen LogP) is 1.92. The second-order valence-corrected chi connectivity index (χ2v) is 3.32. The summed E-state index contributed by atoms with van der Waals surface area (Å²) in [6.07, 6.45) is 2.26. The third kappa shape index (κ3) is 3.49. The summed E-state index contributed by atoms with van der Waals surface area (Å²) in [6, 6.07) is 2.75. The quantitative estimate of drug-likeness (QED) is 0.515. The third-order valence-corrected chi connectivity index (χ3v) is 1.76. The van der Waals surface area contributed by atoms with Crippen molar-refractivity contribution >= 4 is 34.6 Å². The zero-order chi connectivity index (χ0) is 9.84. The number of aromatic nitrogens is 1. The first-order valence-corrected chi connectivity index (χ1v) is 4.40. The first kappa shape index (κ1) is 10.1. The van der Waals surface area contributed by atoms with Crippen LogP contribution in [-0.2, 0) is 4.79 Å². The van der Waals surface area contributed by atoms with Crippen molar-refractivity contribution in [3.05, 3.63) is 33.4 Å². The Morgan fingerprint density at radius 2 is 2.31 bits per heavy atom. The van der Waals surface area contributed by atoms with Crippen LogP contribution in [0.15, 0.2) is 18.2 Å². The van der Waals surface area contributed by atoms with Crippen LogP contribution in [0, 0.1) is 9.65 Å². The molecule has 0 spiro atoms. The second-order valence-electron chi connectivity index (χ2n) is 2.22. The SMILES string of the molecule is O=C(O)/C=C/c1cc(F)nc(I)c1. The van der Waals surface area contributed by atoms with Crippen LogP contribution >= 0.6 is 22.6 Å². The van der Waals surface area contributed by atoms with E-state index >= 15 is 0 Å². The lowest BCUT2D eigenvalue weighted by Gasteiger charge is -1.94. The Morgan fingerprint density at radius 3 is 2.85 bits per heavy atom. The molecule has 0 atom stereocenters. The topological polar surface area (TPSA) is 50.2 Å². The van der Waals surface area contributed by atoms with Crippen molar-refractivity contribution in [1.82, 2.24) is 4.98 Å². The molecule has 0 aliphatic rings. The molecule has 0 amide bonds. The van der Waals surface area contributed by atoms with E-state index in [-0.39, 0.29) is 0 Å². The van der Waals surface area contributed by atoms with Crippen LogP contribution in [0.1, 0.15) is 5.56 Å². The van der Waals surface area contributed by atoms with Crippen LogP contribution in [-0.4, -0.2) is 16.1 Å². The summed E-state index contributed by atoms with van der Waals surface area (Å²) in [6.45, 7) is 0. The molecule has 1 rings (SSSR count). The molecular weight excluding hydrogens is 288 g/mol. The van der Waals surface area contributed by atoms with Gasteiger partial charge in [0.25, 0.3) is 0 Å². The summed E-state index contributed by atoms with van der Waals surface area (Å²) in [5, 5.41) is 8.32. The molecule has 0 saturated heterocycles. The largest absolute Gasteiger partial charge is 0.478 e. The Labute approximate surface area is 87.4 Å². The van der Waals surface area contributed by atoms with E-state index < -0.39 is 11.9 Å². The van der Waals surface area contributed by atoms with Crippen molar-refractivity contribution in [3.63, 3.8) is 0 Å². The lowest BCUT2D eigenvalue weighted by Crippen LogP contribution is -1.89. The number of hydrogen-bond acceptors (Lipinski definition) is 2. The third-order valence-electron chi connectivity index (χ3n) is 1.20. The van der Waals surface area contributed by atoms with Gasteiger partial charge in [-0.3, -0.25) is 0 Å². The van der Waals surface area contributed by atoms with Gasteiger partial charge in [0, 0.05) is 12.1 Å². The number of halogens is 2. The van der Waals surface area contributed by atoms with Crippen molar-refractivity contribution in [3.8, 4) is 0 Å². The van der Waals surface area contributed by atoms with Gasteiger partial charge in [-0.25, -0.2) is 9.78 Å². The molecule has 0 aliphatic heterocycles. The van der Waals surface area contributed by atoms with E-state index in [2.05, 4.69) is 4.98 Å². The highest BCUT2D eigenvalue weighted by atomic mass is 127. The Kier molecular flexibility index (Phi) is 3.35. The molecule has 68 valence electrons. The molecule has 0 saturated carbocycles. The minimum atomic E-state index is -1.06. The van der Waals surface area contributed by atoms with E-state index in [9.17, 15) is 9.18 Å². The molecule has 0 aliphatic carbocycles. The van der Waals surface area contributed by atoms with Gasteiger partial charge in [0.05, 0.1) is 0 Å². The summed E-state index contributed by atoms with van der Waals surface area (Å²) < 4.78 is 13.1. The Morgan fingerprint density at radius 1 is 1.62 bits per heavy atom. The smallest absolute Gasteiger partial charge is 0.328 e. The van der Waals surface area contributed by atoms with Gasteiger partial charge in [-0.2, -0.15) is 4.39 Å². The lowest BCUT2D eigenvalue weighted by atomic mass is 10.2. The first-order chi connectivity index (χ1) is 6.08. The van der Waals surface area contributed by atoms with Crippen molar-refractivity contribution in [2.45, 2.75) is 0 Å². The van der Waals surface area contributed by atoms with E-state index in [1.165, 1.54) is 12.1 Å². The Hall–Kier alpha value is -0.980. The van der Waals surface area contributed by atoms with Crippen LogP contribution < -0.4 is 0 Å². The zero-order valence-electron chi connectivity index (χ0n) is 6.37. The van der Waals surface area contributed by atoms with Gasteiger partial charge in [-0.1, -0.05) is 0 Å². The molecule has 13 heavy (non-hydrogen) atoms. The van der Waals surface area contributed by atoms with Crippen molar-refractivity contribution in [1.29, 1.82) is 0 Å². The molecular formula is C8H5FINO2. The van der Waals surface area contributed by atoms with E-state index in [1.54, 1.807) is 6.07 Å². The number of pyridine rings is 1. The fourth-order valence-corrected chi connectivity index (χ4v) is 1.34. The molecule has 0 fully saturated rings. The van der Waals surface area contributed by atoms with Crippen molar-refractivity contribution in [2.24, 2.45) is 0 Å². The summed E-state index contributed by atoms with van der Waals surface area (Å²) in [5.41, 5.74) is 0.485. The summed E-state index contributed by atoms with van der Waals surface area (Å²) in [5.74, 6) is -1.68. The number of hydrogen-bond donors (Lipinski definition) is 1. The molecule has 0 unspecified atom stereocenters. The normalized spacial score (nSPS) is 10.6. The number of aliphatic carboxylic acids is 1. The molecule has 3 nitrogen and oxygen atoms in total. The van der Waals surface area contributed by atoms with Gasteiger partial charge in [-0.15, -0.1) is 0 Å². The van der Waals surface area contributed by atoms with Gasteiger partial charge in [-0.05, 0) is 40.3 Å². The van der Waals surface area contributed by atoms with E-state index in [4.69, 9.17) is 5.11 Å². The zero-order valence-corrected chi connectivity index (χ0v) is 8.53. The molecule has 0 aromatic carbocycles. The maximum Gasteiger partial charge on any atom is 0.328 e. The fraction of sp³-hybridized carbons (Fsp3) is 0. The predicted molar refractivity (Wildman–Crippen MR) is 53.6 cm³/mol. The molecule has 5 heteroatoms. The van der Waals surface area contributed by atoms with Crippen molar-refractivity contribution in [2.75, 3.05) is 0 Å². The molecule has 1 heterocycles. The van der Waals surface area contributed by atoms with Crippen LogP contribution in [0.5, 0.6) is 0 Å². The summed E-state index contributed by atoms with van der Waals surface area (Å²) >= 11 is 1.86.